The first kappa shape index (κ1) is 18.8. The average molecular weight is 407 g/mol. The highest BCUT2D eigenvalue weighted by Gasteiger charge is 2.15. The van der Waals surface area contributed by atoms with Crippen molar-refractivity contribution in [3.05, 3.63) is 72.1 Å². The number of nitrogens with one attached hydrogen (secondary N) is 1. The molecule has 0 bridgehead atoms. The predicted molar refractivity (Wildman–Crippen MR) is 108 cm³/mol. The minimum Gasteiger partial charge on any atom is -0.295 e. The molecule has 0 saturated carbocycles. The molecule has 0 saturated heterocycles. The number of fused-ring (bicyclic) bond motifs is 1. The second-order valence-corrected chi connectivity index (χ2v) is 8.19. The number of Topliss-reactive ketones (excluding diaryl/α,β-unsaturated/α-hetero) is 1. The molecular formula is C20H17N5O3S. The molecule has 146 valence electrons. The number of rotatable bonds is 5. The summed E-state index contributed by atoms with van der Waals surface area (Å²) in [6, 6.07) is 16.4. The molecule has 0 radical (unpaired) electrons. The summed E-state index contributed by atoms with van der Waals surface area (Å²) >= 11 is 0. The molecule has 4 aromatic rings. The molecule has 0 unspecified atom stereocenters. The van der Waals surface area contributed by atoms with Gasteiger partial charge in [-0.1, -0.05) is 24.3 Å². The lowest BCUT2D eigenvalue weighted by Gasteiger charge is -2.10. The van der Waals surface area contributed by atoms with Crippen LogP contribution in [0.4, 0.5) is 5.69 Å². The first-order valence-electron chi connectivity index (χ1n) is 8.77. The number of ketones is 1. The SMILES string of the molecule is CC(=O)c1ccc(S(=O)(=O)Nc2cccc(-c3ccc4nnc(C)n4n3)c2)cc1. The summed E-state index contributed by atoms with van der Waals surface area (Å²) in [6.07, 6.45) is 0. The van der Waals surface area contributed by atoms with Gasteiger partial charge in [-0.05, 0) is 50.2 Å². The number of sulfonamides is 1. The fourth-order valence-corrected chi connectivity index (χ4v) is 3.92. The molecule has 0 fully saturated rings. The summed E-state index contributed by atoms with van der Waals surface area (Å²) in [5.74, 6) is 0.537. The zero-order valence-electron chi connectivity index (χ0n) is 15.7. The van der Waals surface area contributed by atoms with Crippen LogP contribution in [0.25, 0.3) is 16.9 Å². The van der Waals surface area contributed by atoms with E-state index < -0.39 is 10.0 Å². The smallest absolute Gasteiger partial charge is 0.261 e. The Kier molecular flexibility index (Phi) is 4.59. The van der Waals surface area contributed by atoms with Crippen LogP contribution >= 0.6 is 0 Å². The molecule has 29 heavy (non-hydrogen) atoms. The van der Waals surface area contributed by atoms with Gasteiger partial charge >= 0.3 is 0 Å². The first-order valence-corrected chi connectivity index (χ1v) is 10.3. The monoisotopic (exact) mass is 407 g/mol. The molecular weight excluding hydrogens is 390 g/mol. The van der Waals surface area contributed by atoms with Crippen molar-refractivity contribution in [2.24, 2.45) is 0 Å². The summed E-state index contributed by atoms with van der Waals surface area (Å²) in [4.78, 5) is 11.5. The molecule has 2 aromatic heterocycles. The van der Waals surface area contributed by atoms with Gasteiger partial charge in [0.25, 0.3) is 10.0 Å². The predicted octanol–water partition coefficient (Wildman–Crippen LogP) is 3.10. The average Bonchev–Trinajstić information content (AvgIpc) is 3.08. The van der Waals surface area contributed by atoms with Crippen LogP contribution in [-0.4, -0.2) is 34.0 Å². The van der Waals surface area contributed by atoms with Crippen molar-refractivity contribution in [3.8, 4) is 11.3 Å². The van der Waals surface area contributed by atoms with E-state index in [1.165, 1.54) is 31.2 Å². The summed E-state index contributed by atoms with van der Waals surface area (Å²) in [6.45, 7) is 3.23. The van der Waals surface area contributed by atoms with E-state index in [0.717, 1.165) is 5.56 Å². The van der Waals surface area contributed by atoms with Gasteiger partial charge in [0.2, 0.25) is 0 Å². The van der Waals surface area contributed by atoms with Crippen molar-refractivity contribution in [3.63, 3.8) is 0 Å². The number of nitrogens with zero attached hydrogens (tertiary/aromatic N) is 4. The lowest BCUT2D eigenvalue weighted by Crippen LogP contribution is -2.13. The third kappa shape index (κ3) is 3.72. The Labute approximate surface area is 167 Å². The fraction of sp³-hybridized carbons (Fsp3) is 0.100. The van der Waals surface area contributed by atoms with Gasteiger partial charge < -0.3 is 0 Å². The van der Waals surface area contributed by atoms with E-state index in [-0.39, 0.29) is 10.7 Å². The quantitative estimate of drug-likeness (QED) is 0.510. The van der Waals surface area contributed by atoms with Gasteiger partial charge in [-0.3, -0.25) is 9.52 Å². The Morgan fingerprint density at radius 3 is 2.48 bits per heavy atom. The highest BCUT2D eigenvalue weighted by Crippen LogP contribution is 2.23. The number of carbonyl (C=O) groups excluding carboxylic acids is 1. The molecule has 0 aliphatic carbocycles. The van der Waals surface area contributed by atoms with Crippen LogP contribution in [0, 0.1) is 6.92 Å². The molecule has 0 aliphatic rings. The van der Waals surface area contributed by atoms with E-state index in [2.05, 4.69) is 20.0 Å². The Balaban J connectivity index is 1.64. The maximum absolute atomic E-state index is 12.7. The Bertz CT molecular complexity index is 1330. The number of benzene rings is 2. The first-order chi connectivity index (χ1) is 13.8. The van der Waals surface area contributed by atoms with Crippen LogP contribution in [0.3, 0.4) is 0 Å². The Morgan fingerprint density at radius 1 is 1.00 bits per heavy atom. The van der Waals surface area contributed by atoms with Gasteiger partial charge in [0.15, 0.2) is 17.3 Å². The Morgan fingerprint density at radius 2 is 1.76 bits per heavy atom. The summed E-state index contributed by atoms with van der Waals surface area (Å²) in [5.41, 5.74) is 2.90. The van der Waals surface area contributed by atoms with E-state index in [1.807, 2.05) is 6.07 Å². The zero-order valence-corrected chi connectivity index (χ0v) is 16.5. The summed E-state index contributed by atoms with van der Waals surface area (Å²) in [7, 11) is -3.79. The summed E-state index contributed by atoms with van der Waals surface area (Å²) < 4.78 is 29.6. The van der Waals surface area contributed by atoms with Crippen molar-refractivity contribution in [1.82, 2.24) is 19.8 Å². The van der Waals surface area contributed by atoms with E-state index in [1.54, 1.807) is 41.8 Å². The maximum atomic E-state index is 12.7. The van der Waals surface area contributed by atoms with Gasteiger partial charge in [-0.2, -0.15) is 9.61 Å². The lowest BCUT2D eigenvalue weighted by atomic mass is 10.1. The number of anilines is 1. The number of aromatic nitrogens is 4. The topological polar surface area (TPSA) is 106 Å². The second-order valence-electron chi connectivity index (χ2n) is 6.50. The van der Waals surface area contributed by atoms with Gasteiger partial charge in [-0.25, -0.2) is 8.42 Å². The second kappa shape index (κ2) is 7.10. The van der Waals surface area contributed by atoms with Gasteiger partial charge in [0, 0.05) is 16.8 Å². The Hall–Kier alpha value is -3.59. The molecule has 0 amide bonds. The molecule has 4 rings (SSSR count). The van der Waals surface area contributed by atoms with Crippen LogP contribution in [0.2, 0.25) is 0 Å². The highest BCUT2D eigenvalue weighted by atomic mass is 32.2. The van der Waals surface area contributed by atoms with E-state index in [9.17, 15) is 13.2 Å². The zero-order chi connectivity index (χ0) is 20.6. The van der Waals surface area contributed by atoms with E-state index >= 15 is 0 Å². The third-order valence-corrected chi connectivity index (χ3v) is 5.80. The van der Waals surface area contributed by atoms with Crippen LogP contribution in [-0.2, 0) is 10.0 Å². The molecule has 2 heterocycles. The van der Waals surface area contributed by atoms with Crippen molar-refractivity contribution in [1.29, 1.82) is 0 Å². The molecule has 9 heteroatoms. The van der Waals surface area contributed by atoms with Crippen LogP contribution in [0.5, 0.6) is 0 Å². The van der Waals surface area contributed by atoms with Crippen molar-refractivity contribution in [2.45, 2.75) is 18.7 Å². The third-order valence-electron chi connectivity index (χ3n) is 4.40. The van der Waals surface area contributed by atoms with Crippen LogP contribution < -0.4 is 4.72 Å². The van der Waals surface area contributed by atoms with Crippen molar-refractivity contribution < 1.29 is 13.2 Å². The number of hydrogen-bond acceptors (Lipinski definition) is 6. The van der Waals surface area contributed by atoms with Gasteiger partial charge in [0.1, 0.15) is 0 Å². The van der Waals surface area contributed by atoms with E-state index in [0.29, 0.717) is 28.4 Å². The van der Waals surface area contributed by atoms with E-state index in [4.69, 9.17) is 0 Å². The van der Waals surface area contributed by atoms with Crippen LogP contribution in [0.1, 0.15) is 23.1 Å². The minimum atomic E-state index is -3.79. The normalized spacial score (nSPS) is 11.5. The molecule has 0 spiro atoms. The van der Waals surface area contributed by atoms with Crippen LogP contribution in [0.15, 0.2) is 65.6 Å². The molecule has 0 atom stereocenters. The molecule has 1 N–H and O–H groups in total. The highest BCUT2D eigenvalue weighted by molar-refractivity contribution is 7.92. The van der Waals surface area contributed by atoms with Crippen molar-refractivity contribution in [2.75, 3.05) is 4.72 Å². The standard InChI is InChI=1S/C20H17N5O3S/c1-13(26)15-6-8-18(9-7-15)29(27,28)24-17-5-3-4-16(12-17)19-10-11-20-22-21-14(2)25(20)23-19/h3-12,24H,1-2H3. The van der Waals surface area contributed by atoms with Gasteiger partial charge in [-0.15, -0.1) is 10.2 Å². The summed E-state index contributed by atoms with van der Waals surface area (Å²) in [5, 5.41) is 12.5. The number of aryl methyl sites for hydroxylation is 1. The molecule has 0 aliphatic heterocycles. The molecule has 8 nitrogen and oxygen atoms in total. The largest absolute Gasteiger partial charge is 0.295 e. The minimum absolute atomic E-state index is 0.0764. The lowest BCUT2D eigenvalue weighted by molar-refractivity contribution is 0.101. The maximum Gasteiger partial charge on any atom is 0.261 e. The molecule has 2 aromatic carbocycles. The van der Waals surface area contributed by atoms with Gasteiger partial charge in [0.05, 0.1) is 10.6 Å². The fourth-order valence-electron chi connectivity index (χ4n) is 2.87. The van der Waals surface area contributed by atoms with Crippen molar-refractivity contribution >= 4 is 27.1 Å². The number of hydrogen-bond donors (Lipinski definition) is 1. The number of carbonyl (C=O) groups is 1.